The van der Waals surface area contributed by atoms with Crippen molar-refractivity contribution in [3.8, 4) is 0 Å². The molecule has 0 bridgehead atoms. The van der Waals surface area contributed by atoms with Gasteiger partial charge in [0, 0.05) is 18.3 Å². The Morgan fingerprint density at radius 1 is 1.40 bits per heavy atom. The van der Waals surface area contributed by atoms with E-state index in [0.717, 1.165) is 12.0 Å². The van der Waals surface area contributed by atoms with Crippen molar-refractivity contribution in [2.75, 3.05) is 37.7 Å². The molecule has 15 heavy (non-hydrogen) atoms. The molecule has 0 saturated carbocycles. The molecule has 0 spiro atoms. The van der Waals surface area contributed by atoms with E-state index in [-0.39, 0.29) is 0 Å². The van der Waals surface area contributed by atoms with E-state index in [4.69, 9.17) is 0 Å². The number of rotatable bonds is 5. The third kappa shape index (κ3) is 3.65. The number of thioether (sulfide) groups is 1. The van der Waals surface area contributed by atoms with Gasteiger partial charge in [0.2, 0.25) is 0 Å². The summed E-state index contributed by atoms with van der Waals surface area (Å²) >= 11 is 2.10. The number of nitrogens with one attached hydrogen (secondary N) is 1. The molecule has 0 aromatic carbocycles. The van der Waals surface area contributed by atoms with Gasteiger partial charge in [-0.3, -0.25) is 0 Å². The predicted octanol–water partition coefficient (Wildman–Crippen LogP) is 1.81. The van der Waals surface area contributed by atoms with Gasteiger partial charge in [0.15, 0.2) is 0 Å². The molecule has 2 aliphatic rings. The van der Waals surface area contributed by atoms with Crippen molar-refractivity contribution in [1.29, 1.82) is 0 Å². The van der Waals surface area contributed by atoms with Gasteiger partial charge in [-0.05, 0) is 50.6 Å². The van der Waals surface area contributed by atoms with Crippen LogP contribution in [0.25, 0.3) is 0 Å². The second kappa shape index (κ2) is 6.12. The average Bonchev–Trinajstić information content (AvgIpc) is 2.85. The number of nitrogens with zero attached hydrogens (tertiary/aromatic N) is 1. The Morgan fingerprint density at radius 2 is 2.33 bits per heavy atom. The van der Waals surface area contributed by atoms with Gasteiger partial charge in [-0.25, -0.2) is 0 Å². The van der Waals surface area contributed by atoms with E-state index >= 15 is 0 Å². The van der Waals surface area contributed by atoms with Crippen molar-refractivity contribution in [3.63, 3.8) is 0 Å². The summed E-state index contributed by atoms with van der Waals surface area (Å²) in [6.07, 6.45) is 4.10. The topological polar surface area (TPSA) is 15.3 Å². The van der Waals surface area contributed by atoms with Crippen LogP contribution in [0.15, 0.2) is 0 Å². The highest BCUT2D eigenvalue weighted by molar-refractivity contribution is 7.99. The van der Waals surface area contributed by atoms with Crippen LogP contribution in [0.3, 0.4) is 0 Å². The van der Waals surface area contributed by atoms with Gasteiger partial charge >= 0.3 is 0 Å². The highest BCUT2D eigenvalue weighted by atomic mass is 32.2. The third-order valence-electron chi connectivity index (χ3n) is 3.53. The monoisotopic (exact) mass is 228 g/mol. The highest BCUT2D eigenvalue weighted by Gasteiger charge is 2.23. The second-order valence-electron chi connectivity index (χ2n) is 4.92. The van der Waals surface area contributed by atoms with Gasteiger partial charge in [-0.15, -0.1) is 0 Å². The largest absolute Gasteiger partial charge is 0.313 e. The molecule has 2 fully saturated rings. The molecule has 0 radical (unpaired) electrons. The molecule has 3 heteroatoms. The summed E-state index contributed by atoms with van der Waals surface area (Å²) in [6, 6.07) is 0.815. The summed E-state index contributed by atoms with van der Waals surface area (Å²) in [5, 5.41) is 3.74. The average molecular weight is 228 g/mol. The highest BCUT2D eigenvalue weighted by Crippen LogP contribution is 2.19. The lowest BCUT2D eigenvalue weighted by atomic mass is 10.1. The molecule has 2 atom stereocenters. The minimum absolute atomic E-state index is 0.815. The Hall–Kier alpha value is 0.270. The molecule has 88 valence electrons. The first-order valence-electron chi connectivity index (χ1n) is 6.42. The van der Waals surface area contributed by atoms with Crippen LogP contribution in [0.5, 0.6) is 0 Å². The van der Waals surface area contributed by atoms with E-state index in [1.54, 1.807) is 0 Å². The van der Waals surface area contributed by atoms with E-state index in [0.29, 0.717) is 0 Å². The maximum atomic E-state index is 3.74. The first kappa shape index (κ1) is 11.7. The SMILES string of the molecule is CCCN1CCC(CNC2CCSC2)C1. The van der Waals surface area contributed by atoms with Crippen LogP contribution in [0.2, 0.25) is 0 Å². The van der Waals surface area contributed by atoms with Crippen LogP contribution >= 0.6 is 11.8 Å². The summed E-state index contributed by atoms with van der Waals surface area (Å²) < 4.78 is 0. The Labute approximate surface area is 98.2 Å². The van der Waals surface area contributed by atoms with Crippen molar-refractivity contribution >= 4 is 11.8 Å². The third-order valence-corrected chi connectivity index (χ3v) is 4.70. The van der Waals surface area contributed by atoms with E-state index in [2.05, 4.69) is 28.9 Å². The molecule has 2 nitrogen and oxygen atoms in total. The molecule has 0 amide bonds. The van der Waals surface area contributed by atoms with Crippen molar-refractivity contribution in [1.82, 2.24) is 10.2 Å². The van der Waals surface area contributed by atoms with Gasteiger partial charge in [0.25, 0.3) is 0 Å². The van der Waals surface area contributed by atoms with Crippen LogP contribution < -0.4 is 5.32 Å². The minimum atomic E-state index is 0.815. The number of hydrogen-bond donors (Lipinski definition) is 1. The lowest BCUT2D eigenvalue weighted by Crippen LogP contribution is -2.34. The van der Waals surface area contributed by atoms with Gasteiger partial charge in [0.1, 0.15) is 0 Å². The zero-order valence-corrected chi connectivity index (χ0v) is 10.7. The molecule has 0 aliphatic carbocycles. The first-order chi connectivity index (χ1) is 7.38. The van der Waals surface area contributed by atoms with Gasteiger partial charge in [0.05, 0.1) is 0 Å². The molecular weight excluding hydrogens is 204 g/mol. The lowest BCUT2D eigenvalue weighted by molar-refractivity contribution is 0.320. The van der Waals surface area contributed by atoms with Gasteiger partial charge < -0.3 is 10.2 Å². The molecular formula is C12H24N2S. The molecule has 2 aliphatic heterocycles. The lowest BCUT2D eigenvalue weighted by Gasteiger charge is -2.17. The fourth-order valence-corrected chi connectivity index (χ4v) is 3.81. The molecule has 2 unspecified atom stereocenters. The van der Waals surface area contributed by atoms with Crippen molar-refractivity contribution in [3.05, 3.63) is 0 Å². The summed E-state index contributed by atoms with van der Waals surface area (Å²) in [6.45, 7) is 7.50. The van der Waals surface area contributed by atoms with Crippen LogP contribution in [-0.2, 0) is 0 Å². The number of likely N-dealkylation sites (tertiary alicyclic amines) is 1. The Bertz CT molecular complexity index is 180. The first-order valence-corrected chi connectivity index (χ1v) is 7.57. The molecule has 2 heterocycles. The Morgan fingerprint density at radius 3 is 3.07 bits per heavy atom. The van der Waals surface area contributed by atoms with E-state index in [9.17, 15) is 0 Å². The van der Waals surface area contributed by atoms with Crippen LogP contribution in [0, 0.1) is 5.92 Å². The molecule has 0 aromatic heterocycles. The van der Waals surface area contributed by atoms with E-state index in [1.165, 1.54) is 56.9 Å². The maximum Gasteiger partial charge on any atom is 0.0166 e. The Balaban J connectivity index is 1.59. The summed E-state index contributed by atoms with van der Waals surface area (Å²) in [5.74, 6) is 3.62. The van der Waals surface area contributed by atoms with Crippen molar-refractivity contribution in [2.45, 2.75) is 32.2 Å². The Kier molecular flexibility index (Phi) is 4.79. The second-order valence-corrected chi connectivity index (χ2v) is 6.07. The van der Waals surface area contributed by atoms with Crippen molar-refractivity contribution in [2.24, 2.45) is 5.92 Å². The van der Waals surface area contributed by atoms with Gasteiger partial charge in [-0.2, -0.15) is 11.8 Å². The molecule has 0 aromatic rings. The number of hydrogen-bond acceptors (Lipinski definition) is 3. The van der Waals surface area contributed by atoms with E-state index in [1.807, 2.05) is 0 Å². The summed E-state index contributed by atoms with van der Waals surface area (Å²) in [5.41, 5.74) is 0. The molecule has 2 saturated heterocycles. The van der Waals surface area contributed by atoms with Crippen molar-refractivity contribution < 1.29 is 0 Å². The quantitative estimate of drug-likeness (QED) is 0.773. The standard InChI is InChI=1S/C12H24N2S/c1-2-5-14-6-3-11(9-14)8-13-12-4-7-15-10-12/h11-13H,2-10H2,1H3. The normalized spacial score (nSPS) is 32.6. The van der Waals surface area contributed by atoms with Crippen LogP contribution in [0.1, 0.15) is 26.2 Å². The minimum Gasteiger partial charge on any atom is -0.313 e. The maximum absolute atomic E-state index is 3.74. The summed E-state index contributed by atoms with van der Waals surface area (Å²) in [4.78, 5) is 2.62. The predicted molar refractivity (Wildman–Crippen MR) is 68.6 cm³/mol. The molecule has 1 N–H and O–H groups in total. The zero-order valence-electron chi connectivity index (χ0n) is 9.87. The fourth-order valence-electron chi connectivity index (χ4n) is 2.63. The molecule has 2 rings (SSSR count). The van der Waals surface area contributed by atoms with Crippen LogP contribution in [-0.4, -0.2) is 48.6 Å². The summed E-state index contributed by atoms with van der Waals surface area (Å²) in [7, 11) is 0. The van der Waals surface area contributed by atoms with Crippen LogP contribution in [0.4, 0.5) is 0 Å². The van der Waals surface area contributed by atoms with Gasteiger partial charge in [-0.1, -0.05) is 6.92 Å². The fraction of sp³-hybridized carbons (Fsp3) is 1.00. The van der Waals surface area contributed by atoms with E-state index < -0.39 is 0 Å². The zero-order chi connectivity index (χ0) is 10.5. The smallest absolute Gasteiger partial charge is 0.0166 e.